The predicted octanol–water partition coefficient (Wildman–Crippen LogP) is 4.82. The summed E-state index contributed by atoms with van der Waals surface area (Å²) in [6, 6.07) is 10.4. The number of benzene rings is 1. The number of hydrogen-bond donors (Lipinski definition) is 0. The smallest absolute Gasteiger partial charge is 0.0511 e. The van der Waals surface area contributed by atoms with Gasteiger partial charge >= 0.3 is 0 Å². The van der Waals surface area contributed by atoms with Crippen molar-refractivity contribution in [2.24, 2.45) is 0 Å². The van der Waals surface area contributed by atoms with Crippen molar-refractivity contribution >= 4 is 27.7 Å². The minimum Gasteiger partial charge on any atom is -0.0828 e. The molecule has 0 amide bonds. The van der Waals surface area contributed by atoms with E-state index in [1.807, 2.05) is 6.07 Å². The molecule has 0 spiro atoms. The first-order valence-corrected chi connectivity index (χ1v) is 6.02. The molecule has 0 unspecified atom stereocenters. The normalized spacial score (nSPS) is 11.7. The number of unbranched alkanes of at least 4 members (excludes halogenated alkanes) is 1. The zero-order valence-electron chi connectivity index (χ0n) is 7.66. The van der Waals surface area contributed by atoms with E-state index in [4.69, 9.17) is 0 Å². The fourth-order valence-corrected chi connectivity index (χ4v) is 2.41. The van der Waals surface area contributed by atoms with Gasteiger partial charge in [-0.2, -0.15) is 0 Å². The monoisotopic (exact) mass is 256 g/mol. The molecule has 0 saturated carbocycles. The lowest BCUT2D eigenvalue weighted by atomic mass is 10.3. The number of thioether (sulfide) groups is 1. The standard InChI is InChI=1S/C11H13BrS/c1-2-3-9-11(12)13-10-7-5-4-6-8-10/h4-9H,2-3H2,1H3/b11-9-. The zero-order valence-corrected chi connectivity index (χ0v) is 10.1. The Hall–Kier alpha value is -0.210. The third kappa shape index (κ3) is 4.53. The Bertz CT molecular complexity index is 267. The average molecular weight is 257 g/mol. The van der Waals surface area contributed by atoms with E-state index < -0.39 is 0 Å². The van der Waals surface area contributed by atoms with Crippen LogP contribution < -0.4 is 0 Å². The van der Waals surface area contributed by atoms with Crippen LogP contribution in [-0.4, -0.2) is 0 Å². The first-order chi connectivity index (χ1) is 6.33. The van der Waals surface area contributed by atoms with Gasteiger partial charge in [0.1, 0.15) is 0 Å². The highest BCUT2D eigenvalue weighted by molar-refractivity contribution is 9.14. The maximum Gasteiger partial charge on any atom is 0.0511 e. The molecule has 2 heteroatoms. The highest BCUT2D eigenvalue weighted by atomic mass is 79.9. The molecule has 1 aromatic carbocycles. The summed E-state index contributed by atoms with van der Waals surface area (Å²) >= 11 is 5.30. The molecule has 0 saturated heterocycles. The van der Waals surface area contributed by atoms with Gasteiger partial charge < -0.3 is 0 Å². The summed E-state index contributed by atoms with van der Waals surface area (Å²) in [7, 11) is 0. The molecule has 1 rings (SSSR count). The van der Waals surface area contributed by atoms with E-state index >= 15 is 0 Å². The summed E-state index contributed by atoms with van der Waals surface area (Å²) < 4.78 is 1.21. The van der Waals surface area contributed by atoms with Crippen LogP contribution in [-0.2, 0) is 0 Å². The highest BCUT2D eigenvalue weighted by Gasteiger charge is 1.94. The SMILES string of the molecule is CCC/C=C(/Br)Sc1ccccc1. The molecule has 0 nitrogen and oxygen atoms in total. The fourth-order valence-electron chi connectivity index (χ4n) is 0.901. The van der Waals surface area contributed by atoms with E-state index in [1.54, 1.807) is 11.8 Å². The fraction of sp³-hybridized carbons (Fsp3) is 0.273. The maximum atomic E-state index is 3.54. The molecule has 0 aliphatic carbocycles. The van der Waals surface area contributed by atoms with E-state index in [1.165, 1.54) is 15.1 Å². The second-order valence-corrected chi connectivity index (χ2v) is 5.21. The van der Waals surface area contributed by atoms with E-state index in [2.05, 4.69) is 53.2 Å². The Morgan fingerprint density at radius 1 is 1.38 bits per heavy atom. The van der Waals surface area contributed by atoms with Crippen LogP contribution in [0.25, 0.3) is 0 Å². The minimum absolute atomic E-state index is 1.14. The Morgan fingerprint density at radius 3 is 2.69 bits per heavy atom. The Morgan fingerprint density at radius 2 is 2.08 bits per heavy atom. The van der Waals surface area contributed by atoms with Crippen LogP contribution in [0.4, 0.5) is 0 Å². The van der Waals surface area contributed by atoms with Crippen molar-refractivity contribution in [1.82, 2.24) is 0 Å². The first-order valence-electron chi connectivity index (χ1n) is 4.41. The molecular formula is C11H13BrS. The molecule has 0 fully saturated rings. The van der Waals surface area contributed by atoms with Crippen molar-refractivity contribution in [2.75, 3.05) is 0 Å². The number of rotatable bonds is 4. The molecule has 0 bridgehead atoms. The van der Waals surface area contributed by atoms with Crippen LogP contribution in [0.3, 0.4) is 0 Å². The van der Waals surface area contributed by atoms with Gasteiger partial charge in [-0.1, -0.05) is 49.4 Å². The van der Waals surface area contributed by atoms with Gasteiger partial charge in [-0.15, -0.1) is 0 Å². The summed E-state index contributed by atoms with van der Waals surface area (Å²) in [6.07, 6.45) is 4.56. The van der Waals surface area contributed by atoms with Crippen LogP contribution >= 0.6 is 27.7 Å². The molecule has 0 aliphatic heterocycles. The van der Waals surface area contributed by atoms with Crippen LogP contribution in [0.5, 0.6) is 0 Å². The maximum absolute atomic E-state index is 3.54. The summed E-state index contributed by atoms with van der Waals surface area (Å²) in [5.41, 5.74) is 0. The first kappa shape index (κ1) is 10.9. The van der Waals surface area contributed by atoms with Crippen molar-refractivity contribution < 1.29 is 0 Å². The Kier molecular flexibility index (Phi) is 5.25. The lowest BCUT2D eigenvalue weighted by Crippen LogP contribution is -1.69. The van der Waals surface area contributed by atoms with Crippen molar-refractivity contribution in [3.05, 3.63) is 40.2 Å². The molecule has 0 atom stereocenters. The summed E-state index contributed by atoms with van der Waals surface area (Å²) in [4.78, 5) is 1.28. The van der Waals surface area contributed by atoms with Crippen molar-refractivity contribution in [3.63, 3.8) is 0 Å². The van der Waals surface area contributed by atoms with Crippen molar-refractivity contribution in [1.29, 1.82) is 0 Å². The van der Waals surface area contributed by atoms with Gasteiger partial charge in [0.2, 0.25) is 0 Å². The predicted molar refractivity (Wildman–Crippen MR) is 64.2 cm³/mol. The van der Waals surface area contributed by atoms with Crippen LogP contribution in [0.2, 0.25) is 0 Å². The van der Waals surface area contributed by atoms with E-state index in [-0.39, 0.29) is 0 Å². The van der Waals surface area contributed by atoms with Crippen LogP contribution in [0, 0.1) is 0 Å². The van der Waals surface area contributed by atoms with E-state index in [9.17, 15) is 0 Å². The average Bonchev–Trinajstić information content (AvgIpc) is 2.16. The molecule has 0 radical (unpaired) electrons. The summed E-state index contributed by atoms with van der Waals surface area (Å²) in [5.74, 6) is 0. The second-order valence-electron chi connectivity index (χ2n) is 2.71. The van der Waals surface area contributed by atoms with Gasteiger partial charge in [0, 0.05) is 4.90 Å². The molecule has 0 aliphatic rings. The molecule has 0 aromatic heterocycles. The quantitative estimate of drug-likeness (QED) is 0.697. The third-order valence-corrected chi connectivity index (χ3v) is 3.23. The molecule has 1 aromatic rings. The van der Waals surface area contributed by atoms with Gasteiger partial charge in [-0.3, -0.25) is 0 Å². The lowest BCUT2D eigenvalue weighted by molar-refractivity contribution is 0.959. The lowest BCUT2D eigenvalue weighted by Gasteiger charge is -1.98. The highest BCUT2D eigenvalue weighted by Crippen LogP contribution is 2.30. The summed E-state index contributed by atoms with van der Waals surface area (Å²) in [6.45, 7) is 2.18. The molecule has 70 valence electrons. The number of allylic oxidation sites excluding steroid dienone is 1. The van der Waals surface area contributed by atoms with Crippen LogP contribution in [0.15, 0.2) is 45.1 Å². The molecule has 13 heavy (non-hydrogen) atoms. The zero-order chi connectivity index (χ0) is 9.52. The molecule has 0 heterocycles. The number of halogens is 1. The largest absolute Gasteiger partial charge is 0.0828 e. The van der Waals surface area contributed by atoms with E-state index in [0.717, 1.165) is 6.42 Å². The molecular weight excluding hydrogens is 244 g/mol. The topological polar surface area (TPSA) is 0 Å². The molecule has 0 N–H and O–H groups in total. The Labute approximate surface area is 92.6 Å². The third-order valence-electron chi connectivity index (χ3n) is 1.55. The van der Waals surface area contributed by atoms with Gasteiger partial charge in [0.05, 0.1) is 3.81 Å². The van der Waals surface area contributed by atoms with Crippen LogP contribution in [0.1, 0.15) is 19.8 Å². The van der Waals surface area contributed by atoms with Crippen molar-refractivity contribution in [3.8, 4) is 0 Å². The van der Waals surface area contributed by atoms with Gasteiger partial charge in [-0.25, -0.2) is 0 Å². The summed E-state index contributed by atoms with van der Waals surface area (Å²) in [5, 5.41) is 0. The van der Waals surface area contributed by atoms with Gasteiger partial charge in [0.15, 0.2) is 0 Å². The van der Waals surface area contributed by atoms with Gasteiger partial charge in [0.25, 0.3) is 0 Å². The number of hydrogen-bond acceptors (Lipinski definition) is 1. The minimum atomic E-state index is 1.14. The van der Waals surface area contributed by atoms with E-state index in [0.29, 0.717) is 0 Å². The van der Waals surface area contributed by atoms with Gasteiger partial charge in [-0.05, 0) is 34.5 Å². The van der Waals surface area contributed by atoms with Crippen molar-refractivity contribution in [2.45, 2.75) is 24.7 Å². The second kappa shape index (κ2) is 6.28. The Balaban J connectivity index is 2.50.